The van der Waals surface area contributed by atoms with Gasteiger partial charge in [0.2, 0.25) is 5.95 Å². The Labute approximate surface area is 148 Å². The minimum absolute atomic E-state index is 0.0473. The number of nitrogens with zero attached hydrogens (tertiary/aromatic N) is 3. The number of aliphatic hydroxyl groups is 1. The number of alkyl halides is 3. The number of hydrogen-bond acceptors (Lipinski definition) is 6. The van der Waals surface area contributed by atoms with Gasteiger partial charge in [0.25, 0.3) is 0 Å². The van der Waals surface area contributed by atoms with E-state index in [9.17, 15) is 18.3 Å². The van der Waals surface area contributed by atoms with Crippen LogP contribution in [-0.4, -0.2) is 27.7 Å². The molecule has 0 aliphatic heterocycles. The maximum absolute atomic E-state index is 13.2. The number of rotatable bonds is 6. The van der Waals surface area contributed by atoms with Crippen LogP contribution >= 0.6 is 0 Å². The summed E-state index contributed by atoms with van der Waals surface area (Å²) in [6.07, 6.45) is -4.67. The van der Waals surface area contributed by atoms with Gasteiger partial charge >= 0.3 is 6.18 Å². The Morgan fingerprint density at radius 2 is 1.92 bits per heavy atom. The maximum atomic E-state index is 13.2. The van der Waals surface area contributed by atoms with E-state index in [0.29, 0.717) is 5.69 Å². The summed E-state index contributed by atoms with van der Waals surface area (Å²) in [6, 6.07) is 8.61. The van der Waals surface area contributed by atoms with Crippen LogP contribution < -0.4 is 10.6 Å². The molecule has 0 bridgehead atoms. The molecule has 0 fully saturated rings. The van der Waals surface area contributed by atoms with Crippen molar-refractivity contribution in [1.82, 2.24) is 9.97 Å². The lowest BCUT2D eigenvalue weighted by Crippen LogP contribution is -2.30. The number of halogens is 3. The third kappa shape index (κ3) is 4.83. The molecule has 138 valence electrons. The van der Waals surface area contributed by atoms with E-state index >= 15 is 0 Å². The van der Waals surface area contributed by atoms with E-state index in [1.807, 2.05) is 19.9 Å². The van der Waals surface area contributed by atoms with Crippen LogP contribution in [0.1, 0.15) is 25.1 Å². The molecule has 9 heteroatoms. The van der Waals surface area contributed by atoms with Crippen molar-refractivity contribution in [3.05, 3.63) is 41.6 Å². The summed E-state index contributed by atoms with van der Waals surface area (Å²) in [5, 5.41) is 23.9. The van der Waals surface area contributed by atoms with E-state index in [4.69, 9.17) is 5.26 Å². The summed E-state index contributed by atoms with van der Waals surface area (Å²) in [6.45, 7) is 3.34. The molecule has 1 aromatic carbocycles. The van der Waals surface area contributed by atoms with Crippen molar-refractivity contribution in [2.24, 2.45) is 5.92 Å². The van der Waals surface area contributed by atoms with Crippen molar-refractivity contribution < 1.29 is 18.3 Å². The van der Waals surface area contributed by atoms with Crippen molar-refractivity contribution in [2.75, 3.05) is 17.2 Å². The Hall–Kier alpha value is -2.86. The Balaban J connectivity index is 2.42. The van der Waals surface area contributed by atoms with Crippen molar-refractivity contribution in [2.45, 2.75) is 26.1 Å². The predicted molar refractivity (Wildman–Crippen MR) is 90.8 cm³/mol. The molecule has 26 heavy (non-hydrogen) atoms. The number of benzene rings is 1. The van der Waals surface area contributed by atoms with Gasteiger partial charge in [-0.1, -0.05) is 26.0 Å². The van der Waals surface area contributed by atoms with Gasteiger partial charge in [-0.15, -0.1) is 0 Å². The van der Waals surface area contributed by atoms with Crippen LogP contribution in [0.4, 0.5) is 30.6 Å². The lowest BCUT2D eigenvalue weighted by molar-refractivity contribution is -0.141. The highest BCUT2D eigenvalue weighted by Gasteiger charge is 2.34. The highest BCUT2D eigenvalue weighted by atomic mass is 19.4. The Morgan fingerprint density at radius 1 is 1.23 bits per heavy atom. The van der Waals surface area contributed by atoms with Crippen LogP contribution in [0.5, 0.6) is 0 Å². The summed E-state index contributed by atoms with van der Waals surface area (Å²) >= 11 is 0. The molecular weight excluding hydrogens is 347 g/mol. The Morgan fingerprint density at radius 3 is 2.50 bits per heavy atom. The number of aromatic nitrogens is 2. The molecule has 0 amide bonds. The van der Waals surface area contributed by atoms with Crippen molar-refractivity contribution in [1.29, 1.82) is 5.26 Å². The van der Waals surface area contributed by atoms with Gasteiger partial charge in [-0.2, -0.15) is 23.4 Å². The van der Waals surface area contributed by atoms with E-state index in [-0.39, 0.29) is 29.9 Å². The Kier molecular flexibility index (Phi) is 6.00. The zero-order valence-electron chi connectivity index (χ0n) is 14.2. The molecular formula is C17H18F3N5O. The third-order valence-electron chi connectivity index (χ3n) is 3.64. The van der Waals surface area contributed by atoms with Crippen LogP contribution in [-0.2, 0) is 6.18 Å². The summed E-state index contributed by atoms with van der Waals surface area (Å²) in [7, 11) is 0. The Bertz CT molecular complexity index is 802. The number of nitriles is 1. The first-order valence-electron chi connectivity index (χ1n) is 7.84. The molecule has 2 aromatic rings. The standard InChI is InChI=1S/C17H18F3N5O/c1-10(2)13(9-26)23-16-24-14(17(18,19)20)7-15(25-16)22-12-6-4-3-5-11(12)8-21/h3-7,10,13,26H,9H2,1-2H3,(H2,22,23,24,25)/t13-/m1/s1. The minimum Gasteiger partial charge on any atom is -0.394 e. The van der Waals surface area contributed by atoms with Gasteiger partial charge in [0.1, 0.15) is 11.9 Å². The van der Waals surface area contributed by atoms with Crippen molar-refractivity contribution in [3.63, 3.8) is 0 Å². The molecule has 0 radical (unpaired) electrons. The molecule has 3 N–H and O–H groups in total. The maximum Gasteiger partial charge on any atom is 0.433 e. The van der Waals surface area contributed by atoms with Gasteiger partial charge in [-0.05, 0) is 18.1 Å². The highest BCUT2D eigenvalue weighted by molar-refractivity contribution is 5.65. The quantitative estimate of drug-likeness (QED) is 0.725. The fourth-order valence-electron chi connectivity index (χ4n) is 2.14. The molecule has 0 aliphatic carbocycles. The molecule has 1 aromatic heterocycles. The average Bonchev–Trinajstić information content (AvgIpc) is 2.59. The summed E-state index contributed by atoms with van der Waals surface area (Å²) in [4.78, 5) is 7.53. The van der Waals surface area contributed by atoms with Gasteiger partial charge in [0, 0.05) is 6.07 Å². The number of aliphatic hydroxyl groups excluding tert-OH is 1. The predicted octanol–water partition coefficient (Wildman–Crippen LogP) is 3.54. The van der Waals surface area contributed by atoms with Crippen LogP contribution in [0.25, 0.3) is 0 Å². The number of hydrogen-bond donors (Lipinski definition) is 3. The van der Waals surface area contributed by atoms with E-state index in [2.05, 4.69) is 20.6 Å². The monoisotopic (exact) mass is 365 g/mol. The lowest BCUT2D eigenvalue weighted by Gasteiger charge is -2.21. The van der Waals surface area contributed by atoms with Crippen LogP contribution in [0.3, 0.4) is 0 Å². The van der Waals surface area contributed by atoms with Crippen LogP contribution in [0.2, 0.25) is 0 Å². The number of anilines is 3. The normalized spacial score (nSPS) is 12.5. The molecule has 0 unspecified atom stereocenters. The molecule has 0 spiro atoms. The van der Waals surface area contributed by atoms with Crippen molar-refractivity contribution in [3.8, 4) is 6.07 Å². The molecule has 2 rings (SSSR count). The molecule has 1 atom stereocenters. The molecule has 0 saturated carbocycles. The average molecular weight is 365 g/mol. The zero-order valence-corrected chi connectivity index (χ0v) is 14.2. The molecule has 6 nitrogen and oxygen atoms in total. The highest BCUT2D eigenvalue weighted by Crippen LogP contribution is 2.31. The van der Waals surface area contributed by atoms with Gasteiger partial charge < -0.3 is 15.7 Å². The molecule has 0 saturated heterocycles. The summed E-state index contributed by atoms with van der Waals surface area (Å²) in [5.41, 5.74) is -0.535. The third-order valence-corrected chi connectivity index (χ3v) is 3.64. The van der Waals surface area contributed by atoms with E-state index in [1.54, 1.807) is 18.2 Å². The van der Waals surface area contributed by atoms with Crippen molar-refractivity contribution >= 4 is 17.5 Å². The second kappa shape index (κ2) is 8.01. The van der Waals surface area contributed by atoms with Gasteiger partial charge in [0.05, 0.1) is 23.9 Å². The second-order valence-electron chi connectivity index (χ2n) is 5.92. The second-order valence-corrected chi connectivity index (χ2v) is 5.92. The topological polar surface area (TPSA) is 93.9 Å². The van der Waals surface area contributed by atoms with Gasteiger partial charge in [-0.3, -0.25) is 0 Å². The largest absolute Gasteiger partial charge is 0.433 e. The fourth-order valence-corrected chi connectivity index (χ4v) is 2.14. The minimum atomic E-state index is -4.67. The number of nitrogens with one attached hydrogen (secondary N) is 2. The zero-order chi connectivity index (χ0) is 19.3. The summed E-state index contributed by atoms with van der Waals surface area (Å²) in [5.74, 6) is -0.420. The fraction of sp³-hybridized carbons (Fsp3) is 0.353. The summed E-state index contributed by atoms with van der Waals surface area (Å²) < 4.78 is 39.5. The first-order chi connectivity index (χ1) is 12.2. The SMILES string of the molecule is CC(C)[C@@H](CO)Nc1nc(Nc2ccccc2C#N)cc(C(F)(F)F)n1. The lowest BCUT2D eigenvalue weighted by atomic mass is 10.1. The van der Waals surface area contributed by atoms with E-state index in [0.717, 1.165) is 6.07 Å². The van der Waals surface area contributed by atoms with Gasteiger partial charge in [0.15, 0.2) is 5.69 Å². The number of para-hydroxylation sites is 1. The smallest absolute Gasteiger partial charge is 0.394 e. The first-order valence-corrected chi connectivity index (χ1v) is 7.84. The van der Waals surface area contributed by atoms with E-state index in [1.165, 1.54) is 6.07 Å². The van der Waals surface area contributed by atoms with Crippen LogP contribution in [0.15, 0.2) is 30.3 Å². The molecule has 1 heterocycles. The first kappa shape index (κ1) is 19.5. The molecule has 0 aliphatic rings. The van der Waals surface area contributed by atoms with Gasteiger partial charge in [-0.25, -0.2) is 4.98 Å². The van der Waals surface area contributed by atoms with E-state index < -0.39 is 17.9 Å². The van der Waals surface area contributed by atoms with Crippen LogP contribution in [0, 0.1) is 17.2 Å².